The van der Waals surface area contributed by atoms with Gasteiger partial charge < -0.3 is 31.0 Å². The number of hydrogen-bond donors (Lipinski definition) is 6. The molecule has 0 fully saturated rings. The van der Waals surface area contributed by atoms with Crippen molar-refractivity contribution in [3.8, 4) is 0 Å². The highest BCUT2D eigenvalue weighted by Crippen LogP contribution is 2.26. The maximum atomic E-state index is 6.21. The van der Waals surface area contributed by atoms with Gasteiger partial charge in [0.15, 0.2) is 22.3 Å². The molecule has 0 radical (unpaired) electrons. The van der Waals surface area contributed by atoms with E-state index in [-0.39, 0.29) is 0 Å². The van der Waals surface area contributed by atoms with Crippen LogP contribution in [0.1, 0.15) is 33.9 Å². The Morgan fingerprint density at radius 1 is 0.522 bits per heavy atom. The third-order valence-electron chi connectivity index (χ3n) is 10.6. The summed E-state index contributed by atoms with van der Waals surface area (Å²) in [5.41, 5.74) is 15.6. The topological polar surface area (TPSA) is 230 Å². The predicted molar refractivity (Wildman–Crippen MR) is 265 cm³/mol. The SMILES string of the molecule is Clc1cnc2ccc(Cc3nc4ncnc(Cl)c4[nH]3)cc2c1.Clc1cnc2ccc(Cc3nc4ncnc(NCc5cnc6[nH]cc(Cl)c6c5)c4[nH]3)cc2c1.NCc1cnc2[nH]cc(Cl)c2c1. The summed E-state index contributed by atoms with van der Waals surface area (Å²) in [6.07, 6.45) is 14.5. The van der Waals surface area contributed by atoms with Crippen LogP contribution in [0.2, 0.25) is 25.2 Å². The first-order chi connectivity index (χ1) is 32.6. The summed E-state index contributed by atoms with van der Waals surface area (Å²) >= 11 is 30.2. The summed E-state index contributed by atoms with van der Waals surface area (Å²) in [5.74, 6) is 2.25. The molecule has 0 saturated heterocycles. The molecule has 21 heteroatoms. The van der Waals surface area contributed by atoms with Gasteiger partial charge in [0.25, 0.3) is 0 Å². The predicted octanol–water partition coefficient (Wildman–Crippen LogP) is 10.8. The molecule has 67 heavy (non-hydrogen) atoms. The van der Waals surface area contributed by atoms with Crippen LogP contribution in [0.25, 0.3) is 66.2 Å². The van der Waals surface area contributed by atoms with Crippen molar-refractivity contribution in [2.45, 2.75) is 25.9 Å². The minimum atomic E-state index is 0.373. The Kier molecular flexibility index (Phi) is 12.5. The minimum absolute atomic E-state index is 0.373. The van der Waals surface area contributed by atoms with Crippen molar-refractivity contribution in [2.24, 2.45) is 5.73 Å². The van der Waals surface area contributed by atoms with Crippen molar-refractivity contribution in [3.05, 3.63) is 170 Å². The largest absolute Gasteiger partial charge is 0.364 e. The van der Waals surface area contributed by atoms with Gasteiger partial charge in [-0.1, -0.05) is 70.1 Å². The van der Waals surface area contributed by atoms with Gasteiger partial charge in [-0.3, -0.25) is 9.97 Å². The molecule has 0 spiro atoms. The van der Waals surface area contributed by atoms with E-state index in [1.54, 1.807) is 37.2 Å². The Labute approximate surface area is 404 Å². The van der Waals surface area contributed by atoms with Crippen molar-refractivity contribution in [1.82, 2.24) is 69.8 Å². The molecule has 0 amide bonds. The van der Waals surface area contributed by atoms with E-state index in [1.165, 1.54) is 12.7 Å². The van der Waals surface area contributed by atoms with Crippen molar-refractivity contribution in [2.75, 3.05) is 5.32 Å². The second-order valence-corrected chi connectivity index (χ2v) is 17.2. The Morgan fingerprint density at radius 2 is 1.06 bits per heavy atom. The average molecular weight is 987 g/mol. The van der Waals surface area contributed by atoms with E-state index in [4.69, 9.17) is 63.7 Å². The molecular weight excluding hydrogens is 954 g/mol. The highest BCUT2D eigenvalue weighted by molar-refractivity contribution is 6.36. The van der Waals surface area contributed by atoms with Crippen molar-refractivity contribution >= 4 is 130 Å². The molecule has 2 aromatic carbocycles. The summed E-state index contributed by atoms with van der Waals surface area (Å²) in [6.45, 7) is 1.02. The fourth-order valence-electron chi connectivity index (χ4n) is 7.36. The zero-order valence-corrected chi connectivity index (χ0v) is 38.4. The highest BCUT2D eigenvalue weighted by atomic mass is 35.5. The lowest BCUT2D eigenvalue weighted by Crippen LogP contribution is -2.03. The number of aromatic nitrogens is 14. The van der Waals surface area contributed by atoms with Crippen molar-refractivity contribution in [1.29, 1.82) is 0 Å². The molecule has 0 aliphatic carbocycles. The average Bonchev–Trinajstić information content (AvgIpc) is 4.14. The first-order valence-electron chi connectivity index (χ1n) is 20.4. The van der Waals surface area contributed by atoms with E-state index in [1.807, 2.05) is 48.5 Å². The molecule has 10 heterocycles. The lowest BCUT2D eigenvalue weighted by molar-refractivity contribution is 1.04. The summed E-state index contributed by atoms with van der Waals surface area (Å²) in [7, 11) is 0. The van der Waals surface area contributed by atoms with Crippen LogP contribution < -0.4 is 11.1 Å². The molecule has 332 valence electrons. The van der Waals surface area contributed by atoms with Gasteiger partial charge in [0.05, 0.1) is 31.1 Å². The molecule has 0 saturated carbocycles. The van der Waals surface area contributed by atoms with Gasteiger partial charge in [-0.2, -0.15) is 0 Å². The Hall–Kier alpha value is -7.05. The number of halogens is 5. The highest BCUT2D eigenvalue weighted by Gasteiger charge is 2.13. The van der Waals surface area contributed by atoms with Crippen LogP contribution in [0.15, 0.2) is 110 Å². The second-order valence-electron chi connectivity index (χ2n) is 15.2. The number of rotatable bonds is 8. The summed E-state index contributed by atoms with van der Waals surface area (Å²) in [4.78, 5) is 55.5. The number of nitrogens with zero attached hydrogens (tertiary/aromatic N) is 10. The van der Waals surface area contributed by atoms with Crippen LogP contribution in [0.3, 0.4) is 0 Å². The molecular formula is C46H33Cl5N16. The number of hydrogen-bond acceptors (Lipinski definition) is 12. The first kappa shape index (κ1) is 43.8. The van der Waals surface area contributed by atoms with Crippen LogP contribution in [-0.4, -0.2) is 69.8 Å². The zero-order chi connectivity index (χ0) is 46.0. The van der Waals surface area contributed by atoms with E-state index in [9.17, 15) is 0 Å². The van der Waals surface area contributed by atoms with Crippen LogP contribution in [0.5, 0.6) is 0 Å². The van der Waals surface area contributed by atoms with Crippen LogP contribution in [0, 0.1) is 0 Å². The third-order valence-corrected chi connectivity index (χ3v) is 11.9. The molecule has 12 rings (SSSR count). The van der Waals surface area contributed by atoms with E-state index in [2.05, 4.69) is 87.2 Å². The number of aromatic amines is 4. The lowest BCUT2D eigenvalue weighted by Gasteiger charge is -2.06. The van der Waals surface area contributed by atoms with Crippen LogP contribution in [0.4, 0.5) is 5.82 Å². The number of H-pyrrole nitrogens is 4. The number of benzene rings is 2. The normalized spacial score (nSPS) is 11.4. The molecule has 0 unspecified atom stereocenters. The fourth-order valence-corrected chi connectivity index (χ4v) is 8.27. The second kappa shape index (κ2) is 19.0. The van der Waals surface area contributed by atoms with Gasteiger partial charge in [-0.15, -0.1) is 0 Å². The molecule has 0 aliphatic heterocycles. The van der Waals surface area contributed by atoms with E-state index in [0.717, 1.165) is 83.3 Å². The van der Waals surface area contributed by atoms with Crippen molar-refractivity contribution in [3.63, 3.8) is 0 Å². The monoisotopic (exact) mass is 984 g/mol. The number of fused-ring (bicyclic) bond motifs is 6. The maximum absolute atomic E-state index is 6.21. The van der Waals surface area contributed by atoms with E-state index in [0.29, 0.717) is 73.8 Å². The van der Waals surface area contributed by atoms with Gasteiger partial charge in [0.1, 0.15) is 46.6 Å². The summed E-state index contributed by atoms with van der Waals surface area (Å²) in [6, 6.07) is 19.9. The number of anilines is 1. The molecule has 0 aliphatic rings. The van der Waals surface area contributed by atoms with Gasteiger partial charge in [0, 0.05) is 84.7 Å². The standard InChI is InChI=1S/C23H16Cl2N8.C15H9Cl2N5.C8H8ClN3/c24-15-6-14-3-12(1-2-18(14)26-9-15)5-19-32-20-22(30-11-31-23(20)33-19)28-8-13-4-16-17(25)10-29-21(16)27-7-13;16-10-5-9-3-8(1-2-11(9)18-6-10)4-12-21-13-14(17)19-7-20-15(13)22-12;9-7-4-12-8-6(7)1-5(2-10)3-11-8/h1-4,6-7,9-11H,5,8H2,(H,27,29)(H2,28,30,31,32,33);1-3,5-7H,4H2,(H,19,20,21,22);1,3-4H,2,10H2,(H,11,12). The summed E-state index contributed by atoms with van der Waals surface area (Å²) < 4.78 is 0. The van der Waals surface area contributed by atoms with Gasteiger partial charge in [-0.25, -0.2) is 39.9 Å². The number of pyridine rings is 4. The Morgan fingerprint density at radius 3 is 1.64 bits per heavy atom. The number of imidazole rings is 2. The van der Waals surface area contributed by atoms with E-state index < -0.39 is 0 Å². The van der Waals surface area contributed by atoms with Crippen molar-refractivity contribution < 1.29 is 0 Å². The van der Waals surface area contributed by atoms with Gasteiger partial charge in [-0.05, 0) is 70.8 Å². The molecule has 0 bridgehead atoms. The van der Waals surface area contributed by atoms with Gasteiger partial charge in [0.2, 0.25) is 0 Å². The maximum Gasteiger partial charge on any atom is 0.183 e. The smallest absolute Gasteiger partial charge is 0.183 e. The molecule has 16 nitrogen and oxygen atoms in total. The van der Waals surface area contributed by atoms with Gasteiger partial charge >= 0.3 is 0 Å². The molecule has 0 atom stereocenters. The number of nitrogens with one attached hydrogen (secondary N) is 5. The number of nitrogens with two attached hydrogens (primary N) is 1. The fraction of sp³-hybridized carbons (Fsp3) is 0.0870. The minimum Gasteiger partial charge on any atom is -0.364 e. The zero-order valence-electron chi connectivity index (χ0n) is 34.7. The molecule has 10 aromatic heterocycles. The quantitative estimate of drug-likeness (QED) is 0.0781. The molecule has 7 N–H and O–H groups in total. The Bertz CT molecular complexity index is 3750. The lowest BCUT2D eigenvalue weighted by atomic mass is 10.1. The third kappa shape index (κ3) is 9.76. The van der Waals surface area contributed by atoms with E-state index >= 15 is 0 Å². The molecule has 12 aromatic rings. The Balaban J connectivity index is 0.000000132. The van der Waals surface area contributed by atoms with Crippen LogP contribution in [-0.2, 0) is 25.9 Å². The van der Waals surface area contributed by atoms with Crippen LogP contribution >= 0.6 is 58.0 Å². The first-order valence-corrected chi connectivity index (χ1v) is 22.3. The summed E-state index contributed by atoms with van der Waals surface area (Å²) in [5, 5.41) is 10.1.